The van der Waals surface area contributed by atoms with E-state index in [2.05, 4.69) is 81.3 Å². The fraction of sp³-hybridized carbons (Fsp3) is 0.793. The lowest BCUT2D eigenvalue weighted by Crippen LogP contribution is -2.36. The Hall–Kier alpha value is -3.40. The molecule has 10 heteroatoms. The summed E-state index contributed by atoms with van der Waals surface area (Å²) in [5, 5.41) is 0. The number of carbonyl (C=O) groups excluding carboxylic acids is 4. The summed E-state index contributed by atoms with van der Waals surface area (Å²) in [5.41, 5.74) is 0. The molecule has 1 fully saturated rings. The summed E-state index contributed by atoms with van der Waals surface area (Å²) in [6, 6.07) is 0. The van der Waals surface area contributed by atoms with Crippen LogP contribution in [0.25, 0.3) is 0 Å². The highest BCUT2D eigenvalue weighted by Gasteiger charge is 2.25. The van der Waals surface area contributed by atoms with Crippen molar-refractivity contribution in [2.24, 2.45) is 0 Å². The molecule has 1 rings (SSSR count). The number of ether oxygens (including phenoxy) is 5. The molecule has 0 bridgehead atoms. The minimum atomic E-state index is -0.933. The van der Waals surface area contributed by atoms with Crippen LogP contribution in [0.1, 0.15) is 245 Å². The van der Waals surface area contributed by atoms with Crippen LogP contribution in [0.15, 0.2) is 48.6 Å². The molecular formula is C58H101NO9. The molecule has 0 aromatic heterocycles. The zero-order valence-corrected chi connectivity index (χ0v) is 44.0. The highest BCUT2D eigenvalue weighted by molar-refractivity contribution is 5.71. The number of nitrogens with zero attached hydrogens (tertiary/aromatic N) is 1. The van der Waals surface area contributed by atoms with E-state index in [4.69, 9.17) is 23.7 Å². The molecule has 68 heavy (non-hydrogen) atoms. The Bertz CT molecular complexity index is 1270. The number of carbonyl (C=O) groups is 4. The third-order valence-electron chi connectivity index (χ3n) is 12.6. The Labute approximate surface area is 416 Å². The monoisotopic (exact) mass is 956 g/mol. The topological polar surface area (TPSA) is 118 Å². The number of hydrogen-bond acceptors (Lipinski definition) is 10. The van der Waals surface area contributed by atoms with Crippen molar-refractivity contribution in [2.45, 2.75) is 264 Å². The molecule has 1 aliphatic heterocycles. The fourth-order valence-corrected chi connectivity index (χ4v) is 8.13. The predicted octanol–water partition coefficient (Wildman–Crippen LogP) is 15.8. The van der Waals surface area contributed by atoms with Gasteiger partial charge in [0.2, 0.25) is 0 Å². The van der Waals surface area contributed by atoms with Gasteiger partial charge in [0.25, 0.3) is 0 Å². The molecule has 0 aliphatic carbocycles. The molecule has 1 heterocycles. The van der Waals surface area contributed by atoms with Crippen molar-refractivity contribution >= 4 is 24.1 Å². The zero-order chi connectivity index (χ0) is 49.4. The smallest absolute Gasteiger partial charge is 0.462 e. The van der Waals surface area contributed by atoms with Crippen molar-refractivity contribution < 1.29 is 42.9 Å². The van der Waals surface area contributed by atoms with Crippen LogP contribution in [0, 0.1) is 0 Å². The first kappa shape index (κ1) is 62.6. The number of rotatable bonds is 45. The standard InChI is InChI=1S/C58H101NO9/c1-5-8-11-14-17-19-21-23-25-27-29-31-33-36-39-42-55(60)64-50-54(51-65-56(61)43-40-37-34-32-30-28-26-24-22-20-18-15-12-9-6-2)66-57(62)45-44-52(41-38-35-16-13-10-7-3)67-58(63)68-53-46-48-59(4)49-47-53/h17-20,23-26,52-54H,5-16,21-22,27-51H2,1-4H3/b19-17-,20-18-,25-23-,26-24-. The number of esters is 3. The van der Waals surface area contributed by atoms with Crippen LogP contribution in [-0.2, 0) is 38.1 Å². The van der Waals surface area contributed by atoms with Crippen LogP contribution >= 0.6 is 0 Å². The molecule has 0 aromatic carbocycles. The number of piperidine rings is 1. The van der Waals surface area contributed by atoms with Crippen molar-refractivity contribution in [2.75, 3.05) is 33.4 Å². The summed E-state index contributed by atoms with van der Waals surface area (Å²) in [6.45, 7) is 8.00. The first-order valence-electron chi connectivity index (χ1n) is 27.9. The van der Waals surface area contributed by atoms with Crippen LogP contribution in [-0.4, -0.2) is 80.6 Å². The maximum atomic E-state index is 13.3. The molecule has 0 radical (unpaired) electrons. The van der Waals surface area contributed by atoms with Crippen LogP contribution in [0.2, 0.25) is 0 Å². The lowest BCUT2D eigenvalue weighted by atomic mass is 10.0. The maximum absolute atomic E-state index is 13.3. The van der Waals surface area contributed by atoms with Crippen LogP contribution in [0.5, 0.6) is 0 Å². The average molecular weight is 956 g/mol. The molecule has 0 saturated carbocycles. The van der Waals surface area contributed by atoms with E-state index in [9.17, 15) is 19.2 Å². The van der Waals surface area contributed by atoms with E-state index in [-0.39, 0.29) is 56.9 Å². The molecule has 1 unspecified atom stereocenters. The molecular weight excluding hydrogens is 855 g/mol. The zero-order valence-electron chi connectivity index (χ0n) is 44.0. The van der Waals surface area contributed by atoms with Gasteiger partial charge in [-0.25, -0.2) is 4.79 Å². The van der Waals surface area contributed by atoms with Gasteiger partial charge in [0, 0.05) is 32.4 Å². The fourth-order valence-electron chi connectivity index (χ4n) is 8.13. The van der Waals surface area contributed by atoms with Crippen molar-refractivity contribution in [3.05, 3.63) is 48.6 Å². The summed E-state index contributed by atoms with van der Waals surface area (Å²) < 4.78 is 28.4. The summed E-state index contributed by atoms with van der Waals surface area (Å²) >= 11 is 0. The van der Waals surface area contributed by atoms with Crippen molar-refractivity contribution in [1.82, 2.24) is 4.90 Å². The number of hydrogen-bond donors (Lipinski definition) is 0. The van der Waals surface area contributed by atoms with Crippen molar-refractivity contribution in [1.29, 1.82) is 0 Å². The summed E-state index contributed by atoms with van der Waals surface area (Å²) in [6.07, 6.45) is 49.5. The molecule has 0 aromatic rings. The lowest BCUT2D eigenvalue weighted by Gasteiger charge is -2.28. The van der Waals surface area contributed by atoms with Crippen LogP contribution in [0.4, 0.5) is 4.79 Å². The van der Waals surface area contributed by atoms with Gasteiger partial charge in [-0.3, -0.25) is 14.4 Å². The first-order chi connectivity index (χ1) is 33.3. The second-order valence-electron chi connectivity index (χ2n) is 19.1. The van der Waals surface area contributed by atoms with Gasteiger partial charge >= 0.3 is 24.1 Å². The average Bonchev–Trinajstić information content (AvgIpc) is 3.33. The van der Waals surface area contributed by atoms with Gasteiger partial charge in [0.1, 0.15) is 25.4 Å². The Morgan fingerprint density at radius 2 is 0.868 bits per heavy atom. The largest absolute Gasteiger partial charge is 0.508 e. The summed E-state index contributed by atoms with van der Waals surface area (Å²) in [4.78, 5) is 53.9. The molecule has 1 saturated heterocycles. The predicted molar refractivity (Wildman–Crippen MR) is 280 cm³/mol. The summed E-state index contributed by atoms with van der Waals surface area (Å²) in [7, 11) is 2.06. The second kappa shape index (κ2) is 47.3. The van der Waals surface area contributed by atoms with Crippen molar-refractivity contribution in [3.8, 4) is 0 Å². The number of allylic oxidation sites excluding steroid dienone is 8. The summed E-state index contributed by atoms with van der Waals surface area (Å²) in [5.74, 6) is -1.24. The molecule has 1 aliphatic rings. The van der Waals surface area contributed by atoms with Gasteiger partial charge in [0.15, 0.2) is 6.10 Å². The molecule has 0 N–H and O–H groups in total. The molecule has 392 valence electrons. The molecule has 1 atom stereocenters. The Morgan fingerprint density at radius 1 is 0.456 bits per heavy atom. The SMILES string of the molecule is CCCCC/C=C\C/C=C\CCCCCCCC(=O)OCC(COC(=O)CCCCCCC/C=C\C/C=C\CCCCC)OC(=O)CCC(CCCCCCCC)OC(=O)OC1CCN(C)CC1. The number of unbranched alkanes of at least 4 members (excludes halogenated alkanes) is 21. The Morgan fingerprint density at radius 3 is 1.35 bits per heavy atom. The lowest BCUT2D eigenvalue weighted by molar-refractivity contribution is -0.167. The van der Waals surface area contributed by atoms with E-state index < -0.39 is 24.3 Å². The highest BCUT2D eigenvalue weighted by Crippen LogP contribution is 2.19. The van der Waals surface area contributed by atoms with E-state index in [0.717, 1.165) is 135 Å². The second-order valence-corrected chi connectivity index (χ2v) is 19.1. The Kier molecular flexibility index (Phi) is 43.5. The van der Waals surface area contributed by atoms with E-state index in [1.54, 1.807) is 0 Å². The third kappa shape index (κ3) is 41.6. The van der Waals surface area contributed by atoms with E-state index in [0.29, 0.717) is 6.42 Å². The van der Waals surface area contributed by atoms with E-state index in [1.807, 2.05) is 0 Å². The van der Waals surface area contributed by atoms with Gasteiger partial charge in [0.05, 0.1) is 0 Å². The van der Waals surface area contributed by atoms with Gasteiger partial charge < -0.3 is 28.6 Å². The van der Waals surface area contributed by atoms with Crippen LogP contribution < -0.4 is 0 Å². The van der Waals surface area contributed by atoms with Gasteiger partial charge in [-0.2, -0.15) is 0 Å². The van der Waals surface area contributed by atoms with Gasteiger partial charge in [-0.05, 0) is 116 Å². The molecule has 0 amide bonds. The van der Waals surface area contributed by atoms with Gasteiger partial charge in [-0.1, -0.05) is 166 Å². The number of likely N-dealkylation sites (tertiary alicyclic amines) is 1. The minimum absolute atomic E-state index is 0.00166. The molecule has 0 spiro atoms. The van der Waals surface area contributed by atoms with E-state index in [1.165, 1.54) is 70.6 Å². The van der Waals surface area contributed by atoms with Crippen LogP contribution in [0.3, 0.4) is 0 Å². The van der Waals surface area contributed by atoms with Crippen molar-refractivity contribution in [3.63, 3.8) is 0 Å². The van der Waals surface area contributed by atoms with E-state index >= 15 is 0 Å². The third-order valence-corrected chi connectivity index (χ3v) is 12.6. The maximum Gasteiger partial charge on any atom is 0.508 e. The van der Waals surface area contributed by atoms with Gasteiger partial charge in [-0.15, -0.1) is 0 Å². The first-order valence-corrected chi connectivity index (χ1v) is 27.9. The molecule has 10 nitrogen and oxygen atoms in total. The Balaban J connectivity index is 2.60. The normalized spacial score (nSPS) is 14.2. The quantitative estimate of drug-likeness (QED) is 0.0253. The highest BCUT2D eigenvalue weighted by atomic mass is 16.7. The minimum Gasteiger partial charge on any atom is -0.462 e.